The molecule has 2 nitrogen and oxygen atoms in total. The molecule has 0 aliphatic heterocycles. The first-order valence-corrected chi connectivity index (χ1v) is 5.22. The summed E-state index contributed by atoms with van der Waals surface area (Å²) in [6, 6.07) is 3.44. The Morgan fingerprint density at radius 2 is 2.13 bits per heavy atom. The summed E-state index contributed by atoms with van der Waals surface area (Å²) >= 11 is 6.63. The van der Waals surface area contributed by atoms with Gasteiger partial charge in [-0.25, -0.2) is 13.8 Å². The third kappa shape index (κ3) is 2.49. The highest BCUT2D eigenvalue weighted by molar-refractivity contribution is 7.05. The van der Waals surface area contributed by atoms with Crippen molar-refractivity contribution in [2.45, 2.75) is 6.42 Å². The van der Waals surface area contributed by atoms with Crippen LogP contribution in [0.1, 0.15) is 10.6 Å². The molecule has 0 N–H and O–H groups in total. The van der Waals surface area contributed by atoms with E-state index in [-0.39, 0.29) is 11.7 Å². The smallest absolute Gasteiger partial charge is 0.209 e. The van der Waals surface area contributed by atoms with Gasteiger partial charge in [0.15, 0.2) is 0 Å². The summed E-state index contributed by atoms with van der Waals surface area (Å²) < 4.78 is 29.6. The normalized spacial score (nSPS) is 10.6. The lowest BCUT2D eigenvalue weighted by Crippen LogP contribution is -1.92. The first-order chi connectivity index (χ1) is 7.15. The molecule has 0 amide bonds. The standard InChI is InChI=1S/C9H5ClF2N2S/c10-9-13-8(15-14-9)3-5-1-2-6(11)4-7(5)12/h1-2,4H,3H2. The predicted molar refractivity (Wildman–Crippen MR) is 54.1 cm³/mol. The van der Waals surface area contributed by atoms with Gasteiger partial charge in [-0.15, -0.1) is 0 Å². The Balaban J connectivity index is 2.24. The van der Waals surface area contributed by atoms with Crippen LogP contribution in [-0.2, 0) is 6.42 Å². The summed E-state index contributed by atoms with van der Waals surface area (Å²) in [7, 11) is 0. The van der Waals surface area contributed by atoms with E-state index >= 15 is 0 Å². The summed E-state index contributed by atoms with van der Waals surface area (Å²) in [5.74, 6) is -1.17. The van der Waals surface area contributed by atoms with Crippen LogP contribution in [0.25, 0.3) is 0 Å². The Hall–Kier alpha value is -1.07. The topological polar surface area (TPSA) is 25.8 Å². The maximum atomic E-state index is 13.2. The first-order valence-electron chi connectivity index (χ1n) is 4.07. The first kappa shape index (κ1) is 10.4. The fourth-order valence-corrected chi connectivity index (χ4v) is 1.96. The Bertz CT molecular complexity index is 487. The molecule has 0 spiro atoms. The minimum atomic E-state index is -0.591. The second kappa shape index (κ2) is 4.20. The Morgan fingerprint density at radius 1 is 1.33 bits per heavy atom. The highest BCUT2D eigenvalue weighted by atomic mass is 35.5. The molecule has 0 atom stereocenters. The van der Waals surface area contributed by atoms with Gasteiger partial charge in [-0.1, -0.05) is 6.07 Å². The number of halogens is 3. The summed E-state index contributed by atoms with van der Waals surface area (Å²) in [5.41, 5.74) is 0.379. The number of nitrogens with zero attached hydrogens (tertiary/aromatic N) is 2. The minimum Gasteiger partial charge on any atom is -0.209 e. The number of rotatable bonds is 2. The maximum absolute atomic E-state index is 13.2. The van der Waals surface area contributed by atoms with Gasteiger partial charge in [0.2, 0.25) is 5.28 Å². The zero-order valence-corrected chi connectivity index (χ0v) is 8.95. The van der Waals surface area contributed by atoms with Gasteiger partial charge in [-0.05, 0) is 34.8 Å². The van der Waals surface area contributed by atoms with Crippen LogP contribution in [0.15, 0.2) is 18.2 Å². The lowest BCUT2D eigenvalue weighted by atomic mass is 10.1. The molecule has 15 heavy (non-hydrogen) atoms. The molecule has 0 radical (unpaired) electrons. The molecule has 1 aromatic heterocycles. The molecular formula is C9H5ClF2N2S. The van der Waals surface area contributed by atoms with Gasteiger partial charge in [-0.2, -0.15) is 4.37 Å². The molecule has 0 aliphatic carbocycles. The van der Waals surface area contributed by atoms with Gasteiger partial charge in [0.25, 0.3) is 0 Å². The molecule has 6 heteroatoms. The largest absolute Gasteiger partial charge is 0.234 e. The summed E-state index contributed by atoms with van der Waals surface area (Å²) in [4.78, 5) is 3.88. The van der Waals surface area contributed by atoms with Crippen LogP contribution in [-0.4, -0.2) is 9.36 Å². The van der Waals surface area contributed by atoms with Gasteiger partial charge >= 0.3 is 0 Å². The van der Waals surface area contributed by atoms with E-state index in [2.05, 4.69) is 9.36 Å². The fraction of sp³-hybridized carbons (Fsp3) is 0.111. The van der Waals surface area contributed by atoms with Gasteiger partial charge in [0.05, 0.1) is 0 Å². The maximum Gasteiger partial charge on any atom is 0.234 e. The average Bonchev–Trinajstić information content (AvgIpc) is 2.56. The third-order valence-corrected chi connectivity index (χ3v) is 2.78. The summed E-state index contributed by atoms with van der Waals surface area (Å²) in [5, 5.41) is 0.753. The molecule has 0 aliphatic rings. The van der Waals surface area contributed by atoms with Gasteiger partial charge in [0, 0.05) is 12.5 Å². The number of benzene rings is 1. The van der Waals surface area contributed by atoms with Crippen molar-refractivity contribution in [3.8, 4) is 0 Å². The highest BCUT2D eigenvalue weighted by Gasteiger charge is 2.08. The van der Waals surface area contributed by atoms with E-state index in [1.807, 2.05) is 0 Å². The lowest BCUT2D eigenvalue weighted by Gasteiger charge is -1.99. The molecule has 2 aromatic rings. The molecule has 0 saturated heterocycles. The van der Waals surface area contributed by atoms with Crippen LogP contribution < -0.4 is 0 Å². The van der Waals surface area contributed by atoms with Crippen molar-refractivity contribution in [3.63, 3.8) is 0 Å². The molecular weight excluding hydrogens is 242 g/mol. The van der Waals surface area contributed by atoms with Crippen molar-refractivity contribution in [2.24, 2.45) is 0 Å². The Labute approximate surface area is 93.7 Å². The van der Waals surface area contributed by atoms with Crippen molar-refractivity contribution in [3.05, 3.63) is 45.7 Å². The lowest BCUT2D eigenvalue weighted by molar-refractivity contribution is 0.574. The summed E-state index contributed by atoms with van der Waals surface area (Å²) in [6.07, 6.45) is 0.274. The van der Waals surface area contributed by atoms with Crippen molar-refractivity contribution >= 4 is 23.1 Å². The van der Waals surface area contributed by atoms with Gasteiger partial charge in [-0.3, -0.25) is 0 Å². The zero-order valence-electron chi connectivity index (χ0n) is 7.38. The fourth-order valence-electron chi connectivity index (χ4n) is 1.13. The molecule has 78 valence electrons. The van der Waals surface area contributed by atoms with E-state index < -0.39 is 11.6 Å². The number of hydrogen-bond donors (Lipinski definition) is 0. The third-order valence-electron chi connectivity index (χ3n) is 1.80. The average molecular weight is 247 g/mol. The van der Waals surface area contributed by atoms with Gasteiger partial charge in [0.1, 0.15) is 16.6 Å². The molecule has 0 fully saturated rings. The minimum absolute atomic E-state index is 0.150. The van der Waals surface area contributed by atoms with Crippen LogP contribution in [0, 0.1) is 11.6 Å². The van der Waals surface area contributed by atoms with Crippen LogP contribution in [0.3, 0.4) is 0 Å². The van der Waals surface area contributed by atoms with E-state index in [1.165, 1.54) is 12.1 Å². The van der Waals surface area contributed by atoms with E-state index in [0.717, 1.165) is 17.6 Å². The van der Waals surface area contributed by atoms with Gasteiger partial charge < -0.3 is 0 Å². The predicted octanol–water partition coefficient (Wildman–Crippen LogP) is 3.06. The Morgan fingerprint density at radius 3 is 2.73 bits per heavy atom. The SMILES string of the molecule is Fc1ccc(Cc2nc(Cl)ns2)c(F)c1. The van der Waals surface area contributed by atoms with Crippen molar-refractivity contribution < 1.29 is 8.78 Å². The number of hydrogen-bond acceptors (Lipinski definition) is 3. The molecule has 0 saturated carbocycles. The highest BCUT2D eigenvalue weighted by Crippen LogP contribution is 2.17. The van der Waals surface area contributed by atoms with Crippen molar-refractivity contribution in [1.82, 2.24) is 9.36 Å². The van der Waals surface area contributed by atoms with E-state index in [0.29, 0.717) is 10.6 Å². The molecule has 0 bridgehead atoms. The molecule has 1 heterocycles. The van der Waals surface area contributed by atoms with E-state index in [4.69, 9.17) is 11.6 Å². The summed E-state index contributed by atoms with van der Waals surface area (Å²) in [6.45, 7) is 0. The van der Waals surface area contributed by atoms with E-state index in [9.17, 15) is 8.78 Å². The quantitative estimate of drug-likeness (QED) is 0.814. The zero-order chi connectivity index (χ0) is 10.8. The van der Waals surface area contributed by atoms with Crippen LogP contribution >= 0.6 is 23.1 Å². The second-order valence-corrected chi connectivity index (χ2v) is 4.04. The number of aromatic nitrogens is 2. The Kier molecular flexibility index (Phi) is 2.93. The van der Waals surface area contributed by atoms with E-state index in [1.54, 1.807) is 0 Å². The van der Waals surface area contributed by atoms with Crippen LogP contribution in [0.2, 0.25) is 5.28 Å². The van der Waals surface area contributed by atoms with Crippen LogP contribution in [0.4, 0.5) is 8.78 Å². The van der Waals surface area contributed by atoms with Crippen LogP contribution in [0.5, 0.6) is 0 Å². The molecule has 2 rings (SSSR count). The van der Waals surface area contributed by atoms with Crippen molar-refractivity contribution in [2.75, 3.05) is 0 Å². The molecule has 0 unspecified atom stereocenters. The second-order valence-electron chi connectivity index (χ2n) is 2.87. The van der Waals surface area contributed by atoms with Crippen molar-refractivity contribution in [1.29, 1.82) is 0 Å². The monoisotopic (exact) mass is 246 g/mol. The molecule has 1 aromatic carbocycles.